The highest BCUT2D eigenvalue weighted by atomic mass is 16.5. The fourth-order valence-corrected chi connectivity index (χ4v) is 3.76. The Morgan fingerprint density at radius 2 is 1.97 bits per heavy atom. The zero-order chi connectivity index (χ0) is 21.4. The Bertz CT molecular complexity index is 1190. The van der Waals surface area contributed by atoms with Crippen molar-refractivity contribution in [2.45, 2.75) is 38.6 Å². The molecule has 2 N–H and O–H groups in total. The van der Waals surface area contributed by atoms with E-state index in [9.17, 15) is 14.4 Å². The third-order valence-electron chi connectivity index (χ3n) is 5.71. The number of carbonyl (C=O) groups is 1. The Hall–Kier alpha value is -3.36. The first-order valence-corrected chi connectivity index (χ1v) is 10.0. The monoisotopic (exact) mass is 411 g/mol. The predicted octanol–water partition coefficient (Wildman–Crippen LogP) is 1.72. The standard InChI is InChI=1S/C21H25N5O4/c1-12(13-4-5-13)26(14-6-8-15(30-3)9-7-14)17(27)11-10-16-22-18-19(23-16)25(2)21(29)24-20(18)28/h6-9,12-13H,4-5,10-11H2,1-3H3,(H,22,23)(H,24,28,29). The molecule has 1 amide bonds. The first kappa shape index (κ1) is 19.9. The summed E-state index contributed by atoms with van der Waals surface area (Å²) in [5.74, 6) is 1.74. The fraction of sp³-hybridized carbons (Fsp3) is 0.429. The van der Waals surface area contributed by atoms with E-state index in [1.165, 1.54) is 4.57 Å². The van der Waals surface area contributed by atoms with E-state index in [1.807, 2.05) is 29.2 Å². The molecule has 0 radical (unpaired) electrons. The van der Waals surface area contributed by atoms with Gasteiger partial charge in [-0.2, -0.15) is 0 Å². The summed E-state index contributed by atoms with van der Waals surface area (Å²) in [6.07, 6.45) is 2.82. The molecular weight excluding hydrogens is 386 g/mol. The third-order valence-corrected chi connectivity index (χ3v) is 5.71. The number of amides is 1. The number of methoxy groups -OCH3 is 1. The van der Waals surface area contributed by atoms with Crippen LogP contribution in [0.4, 0.5) is 5.69 Å². The highest BCUT2D eigenvalue weighted by molar-refractivity contribution is 5.94. The Labute approximate surface area is 172 Å². The number of nitrogens with zero attached hydrogens (tertiary/aromatic N) is 3. The van der Waals surface area contributed by atoms with Crippen molar-refractivity contribution in [3.05, 3.63) is 50.9 Å². The molecule has 0 saturated heterocycles. The van der Waals surface area contributed by atoms with Crippen molar-refractivity contribution in [2.24, 2.45) is 13.0 Å². The molecule has 1 atom stereocenters. The molecule has 9 nitrogen and oxygen atoms in total. The molecule has 1 aliphatic carbocycles. The van der Waals surface area contributed by atoms with Crippen LogP contribution >= 0.6 is 0 Å². The normalized spacial score (nSPS) is 14.6. The number of aryl methyl sites for hydroxylation is 2. The maximum atomic E-state index is 13.2. The van der Waals surface area contributed by atoms with Crippen LogP contribution in [0.15, 0.2) is 33.9 Å². The van der Waals surface area contributed by atoms with Gasteiger partial charge in [0.2, 0.25) is 5.91 Å². The van der Waals surface area contributed by atoms with E-state index in [0.29, 0.717) is 18.2 Å². The number of hydrogen-bond acceptors (Lipinski definition) is 5. The number of aromatic amines is 2. The average molecular weight is 411 g/mol. The number of fused-ring (bicyclic) bond motifs is 1. The SMILES string of the molecule is COc1ccc(N(C(=O)CCc2nc3c([nH]2)c(=O)[nH]c(=O)n3C)C(C)C2CC2)cc1. The summed E-state index contributed by atoms with van der Waals surface area (Å²) in [6.45, 7) is 2.08. The lowest BCUT2D eigenvalue weighted by atomic mass is 10.1. The van der Waals surface area contributed by atoms with Crippen molar-refractivity contribution in [3.63, 3.8) is 0 Å². The zero-order valence-electron chi connectivity index (χ0n) is 17.3. The molecule has 9 heteroatoms. The van der Waals surface area contributed by atoms with E-state index < -0.39 is 11.2 Å². The molecule has 0 bridgehead atoms. The van der Waals surface area contributed by atoms with Gasteiger partial charge in [-0.3, -0.25) is 19.1 Å². The smallest absolute Gasteiger partial charge is 0.329 e. The van der Waals surface area contributed by atoms with Gasteiger partial charge in [0.15, 0.2) is 5.65 Å². The molecule has 0 aliphatic heterocycles. The molecule has 3 aromatic rings. The zero-order valence-corrected chi connectivity index (χ0v) is 17.3. The van der Waals surface area contributed by atoms with Crippen LogP contribution < -0.4 is 20.9 Å². The lowest BCUT2D eigenvalue weighted by molar-refractivity contribution is -0.119. The van der Waals surface area contributed by atoms with Crippen molar-refractivity contribution in [1.82, 2.24) is 19.5 Å². The molecule has 1 unspecified atom stereocenters. The average Bonchev–Trinajstić information content (AvgIpc) is 3.50. The van der Waals surface area contributed by atoms with Gasteiger partial charge in [-0.05, 0) is 49.9 Å². The second kappa shape index (κ2) is 7.81. The number of nitrogens with one attached hydrogen (secondary N) is 2. The number of carbonyl (C=O) groups excluding carboxylic acids is 1. The molecule has 1 aliphatic rings. The third kappa shape index (κ3) is 3.74. The molecule has 1 saturated carbocycles. The fourth-order valence-electron chi connectivity index (χ4n) is 3.76. The van der Waals surface area contributed by atoms with E-state index in [1.54, 1.807) is 14.2 Å². The summed E-state index contributed by atoms with van der Waals surface area (Å²) in [4.78, 5) is 48.3. The van der Waals surface area contributed by atoms with Crippen LogP contribution in [0.3, 0.4) is 0 Å². The molecule has 1 aromatic carbocycles. The van der Waals surface area contributed by atoms with Crippen molar-refractivity contribution in [1.29, 1.82) is 0 Å². The van der Waals surface area contributed by atoms with Crippen molar-refractivity contribution >= 4 is 22.8 Å². The Morgan fingerprint density at radius 3 is 2.60 bits per heavy atom. The number of benzene rings is 1. The topological polar surface area (TPSA) is 113 Å². The number of rotatable bonds is 7. The summed E-state index contributed by atoms with van der Waals surface area (Å²) in [7, 11) is 3.15. The quantitative estimate of drug-likeness (QED) is 0.615. The summed E-state index contributed by atoms with van der Waals surface area (Å²) < 4.78 is 6.50. The van der Waals surface area contributed by atoms with Crippen molar-refractivity contribution < 1.29 is 9.53 Å². The van der Waals surface area contributed by atoms with Gasteiger partial charge in [0.05, 0.1) is 7.11 Å². The Kier molecular flexibility index (Phi) is 5.19. The number of H-pyrrole nitrogens is 2. The largest absolute Gasteiger partial charge is 0.497 e. The second-order valence-electron chi connectivity index (χ2n) is 7.74. The van der Waals surface area contributed by atoms with Crippen LogP contribution in [0.2, 0.25) is 0 Å². The van der Waals surface area contributed by atoms with Crippen LogP contribution in [0.1, 0.15) is 32.0 Å². The Morgan fingerprint density at radius 1 is 1.27 bits per heavy atom. The maximum Gasteiger partial charge on any atom is 0.329 e. The van der Waals surface area contributed by atoms with Gasteiger partial charge >= 0.3 is 5.69 Å². The maximum absolute atomic E-state index is 13.2. The van der Waals surface area contributed by atoms with Gasteiger partial charge in [-0.25, -0.2) is 9.78 Å². The first-order valence-electron chi connectivity index (χ1n) is 10.0. The molecule has 2 heterocycles. The second-order valence-corrected chi connectivity index (χ2v) is 7.74. The first-order chi connectivity index (χ1) is 14.4. The van der Waals surface area contributed by atoms with Gasteiger partial charge in [-0.1, -0.05) is 0 Å². The van der Waals surface area contributed by atoms with E-state index >= 15 is 0 Å². The van der Waals surface area contributed by atoms with Crippen LogP contribution in [0, 0.1) is 5.92 Å². The molecule has 0 spiro atoms. The lowest BCUT2D eigenvalue weighted by Crippen LogP contribution is -2.40. The van der Waals surface area contributed by atoms with E-state index in [4.69, 9.17) is 4.74 Å². The van der Waals surface area contributed by atoms with Gasteiger partial charge in [0.1, 0.15) is 17.1 Å². The molecule has 1 fully saturated rings. The molecular formula is C21H25N5O4. The summed E-state index contributed by atoms with van der Waals surface area (Å²) in [5, 5.41) is 0. The van der Waals surface area contributed by atoms with Gasteiger partial charge in [-0.15, -0.1) is 0 Å². The van der Waals surface area contributed by atoms with Gasteiger partial charge in [0, 0.05) is 31.6 Å². The number of anilines is 1. The predicted molar refractivity (Wildman–Crippen MR) is 113 cm³/mol. The number of ether oxygens (including phenoxy) is 1. The van der Waals surface area contributed by atoms with E-state index in [-0.39, 0.29) is 29.5 Å². The molecule has 30 heavy (non-hydrogen) atoms. The molecule has 4 rings (SSSR count). The summed E-state index contributed by atoms with van der Waals surface area (Å²) >= 11 is 0. The highest BCUT2D eigenvalue weighted by Crippen LogP contribution is 2.37. The number of hydrogen-bond donors (Lipinski definition) is 2. The Balaban J connectivity index is 1.56. The molecule has 158 valence electrons. The lowest BCUT2D eigenvalue weighted by Gasteiger charge is -2.30. The van der Waals surface area contributed by atoms with Crippen LogP contribution in [0.25, 0.3) is 11.2 Å². The van der Waals surface area contributed by atoms with E-state index in [2.05, 4.69) is 21.9 Å². The minimum Gasteiger partial charge on any atom is -0.497 e. The van der Waals surface area contributed by atoms with Gasteiger partial charge < -0.3 is 14.6 Å². The minimum atomic E-state index is -0.523. The van der Waals surface area contributed by atoms with E-state index in [0.717, 1.165) is 24.3 Å². The highest BCUT2D eigenvalue weighted by Gasteiger charge is 2.35. The number of imidazole rings is 1. The van der Waals surface area contributed by atoms with Crippen molar-refractivity contribution in [3.8, 4) is 5.75 Å². The summed E-state index contributed by atoms with van der Waals surface area (Å²) in [5.41, 5.74) is 0.317. The number of aromatic nitrogens is 4. The van der Waals surface area contributed by atoms with Crippen LogP contribution in [-0.2, 0) is 18.3 Å². The molecule has 2 aromatic heterocycles. The van der Waals surface area contributed by atoms with Gasteiger partial charge in [0.25, 0.3) is 5.56 Å². The minimum absolute atomic E-state index is 0.0113. The van der Waals surface area contributed by atoms with Crippen LogP contribution in [0.5, 0.6) is 5.75 Å². The summed E-state index contributed by atoms with van der Waals surface area (Å²) in [6, 6.07) is 7.59. The van der Waals surface area contributed by atoms with Crippen LogP contribution in [-0.4, -0.2) is 38.6 Å². The van der Waals surface area contributed by atoms with Crippen molar-refractivity contribution in [2.75, 3.05) is 12.0 Å².